The second kappa shape index (κ2) is 17.1. The van der Waals surface area contributed by atoms with Crippen molar-refractivity contribution < 1.29 is 19.1 Å². The summed E-state index contributed by atoms with van der Waals surface area (Å²) in [5, 5.41) is 2.95. The molecule has 0 aliphatic carbocycles. The topological polar surface area (TPSA) is 80.1 Å². The summed E-state index contributed by atoms with van der Waals surface area (Å²) < 4.78 is 7.02. The second-order valence-corrected chi connectivity index (χ2v) is 11.8. The molecule has 0 spiro atoms. The van der Waals surface area contributed by atoms with Crippen molar-refractivity contribution in [2.75, 3.05) is 26.2 Å². The maximum atomic E-state index is 13.7. The summed E-state index contributed by atoms with van der Waals surface area (Å²) in [4.78, 5) is 41.3. The number of benzene rings is 1. The Kier molecular flexibility index (Phi) is 13.6. The minimum atomic E-state index is -0.557. The van der Waals surface area contributed by atoms with E-state index in [0.717, 1.165) is 30.5 Å². The van der Waals surface area contributed by atoms with Gasteiger partial charge in [-0.1, -0.05) is 57.9 Å². The second-order valence-electron chi connectivity index (χ2n) is 11.8. The quantitative estimate of drug-likeness (QED) is 0.124. The minimum Gasteiger partial charge on any atom is -0.462 e. The van der Waals surface area contributed by atoms with Crippen LogP contribution in [0.5, 0.6) is 0 Å². The number of hydrogen-bond acceptors (Lipinski definition) is 6. The standard InChI is InChI=1S/C36H51N3O4/c1-7-10-19-38(20-11-8-2)21-12-13-28-14-16-30(17-15-28)36(42)34-29(9-3)23-32-24-31(18-22-39(32)34)35(41)27(6)37-25-33(40)43-26(4)5/h14-18,22-24,26-27,37H,7-13,19-21,25H2,1-6H3. The number of nitrogens with one attached hydrogen (secondary N) is 1. The highest BCUT2D eigenvalue weighted by atomic mass is 16.5. The number of ketones is 2. The first-order chi connectivity index (χ1) is 20.7. The summed E-state index contributed by atoms with van der Waals surface area (Å²) in [6, 6.07) is 13.0. The molecule has 0 saturated carbocycles. The van der Waals surface area contributed by atoms with Crippen LogP contribution in [0, 0.1) is 0 Å². The first-order valence-electron chi connectivity index (χ1n) is 16.1. The summed E-state index contributed by atoms with van der Waals surface area (Å²) in [6.07, 6.45) is 9.36. The molecule has 234 valence electrons. The highest BCUT2D eigenvalue weighted by Gasteiger charge is 2.21. The number of unbranched alkanes of at least 4 members (excludes halogenated alkanes) is 2. The molecule has 3 aromatic rings. The van der Waals surface area contributed by atoms with Gasteiger partial charge in [-0.25, -0.2) is 0 Å². The molecule has 1 unspecified atom stereocenters. The number of esters is 1. The van der Waals surface area contributed by atoms with Gasteiger partial charge < -0.3 is 14.0 Å². The lowest BCUT2D eigenvalue weighted by Crippen LogP contribution is -2.38. The molecular weight excluding hydrogens is 538 g/mol. The summed E-state index contributed by atoms with van der Waals surface area (Å²) >= 11 is 0. The zero-order valence-electron chi connectivity index (χ0n) is 27.1. The SMILES string of the molecule is CCCCN(CCCC)CCCc1ccc(C(=O)c2c(CC)cc3cc(C(=O)C(C)NCC(=O)OC(C)C)ccn23)cc1. The van der Waals surface area contributed by atoms with Crippen LogP contribution in [0.2, 0.25) is 0 Å². The fourth-order valence-corrected chi connectivity index (χ4v) is 5.36. The van der Waals surface area contributed by atoms with E-state index in [0.29, 0.717) is 23.2 Å². The fraction of sp³-hybridized carbons (Fsp3) is 0.528. The third-order valence-corrected chi connectivity index (χ3v) is 7.86. The van der Waals surface area contributed by atoms with Crippen LogP contribution in [-0.2, 0) is 22.4 Å². The number of hydrogen-bond donors (Lipinski definition) is 1. The molecule has 1 atom stereocenters. The van der Waals surface area contributed by atoms with Crippen LogP contribution in [-0.4, -0.2) is 65.2 Å². The van der Waals surface area contributed by atoms with Gasteiger partial charge in [0.15, 0.2) is 5.78 Å². The first-order valence-corrected chi connectivity index (χ1v) is 16.1. The number of nitrogens with zero attached hydrogens (tertiary/aromatic N) is 2. The highest BCUT2D eigenvalue weighted by Crippen LogP contribution is 2.23. The van der Waals surface area contributed by atoms with Crippen LogP contribution < -0.4 is 5.32 Å². The van der Waals surface area contributed by atoms with Gasteiger partial charge in [-0.05, 0) is 102 Å². The van der Waals surface area contributed by atoms with Gasteiger partial charge in [-0.3, -0.25) is 19.7 Å². The third kappa shape index (κ3) is 9.87. The summed E-state index contributed by atoms with van der Waals surface area (Å²) in [7, 11) is 0. The van der Waals surface area contributed by atoms with E-state index in [9.17, 15) is 14.4 Å². The van der Waals surface area contributed by atoms with Crippen LogP contribution in [0.4, 0.5) is 0 Å². The molecule has 0 aliphatic heterocycles. The normalized spacial score (nSPS) is 12.3. The Hall–Kier alpha value is -3.29. The first kappa shape index (κ1) is 34.2. The molecule has 2 aromatic heterocycles. The van der Waals surface area contributed by atoms with Crippen molar-refractivity contribution >= 4 is 23.1 Å². The molecule has 3 rings (SSSR count). The minimum absolute atomic E-state index is 0.0218. The zero-order chi connectivity index (χ0) is 31.4. The number of rotatable bonds is 19. The van der Waals surface area contributed by atoms with Gasteiger partial charge in [0.25, 0.3) is 0 Å². The van der Waals surface area contributed by atoms with Crippen molar-refractivity contribution in [1.82, 2.24) is 14.6 Å². The Morgan fingerprint density at radius 1 is 0.860 bits per heavy atom. The number of carbonyl (C=O) groups is 3. The van der Waals surface area contributed by atoms with Crippen LogP contribution in [0.15, 0.2) is 48.7 Å². The largest absolute Gasteiger partial charge is 0.462 e. The van der Waals surface area contributed by atoms with Gasteiger partial charge in [0.1, 0.15) is 0 Å². The molecule has 7 heteroatoms. The molecule has 0 amide bonds. The lowest BCUT2D eigenvalue weighted by atomic mass is 10.0. The molecule has 0 bridgehead atoms. The number of fused-ring (bicyclic) bond motifs is 1. The molecule has 2 heterocycles. The molecule has 0 aliphatic rings. The fourth-order valence-electron chi connectivity index (χ4n) is 5.36. The van der Waals surface area contributed by atoms with Crippen molar-refractivity contribution in [1.29, 1.82) is 0 Å². The number of ether oxygens (including phenoxy) is 1. The van der Waals surface area contributed by atoms with Crippen LogP contribution in [0.3, 0.4) is 0 Å². The lowest BCUT2D eigenvalue weighted by Gasteiger charge is -2.21. The van der Waals surface area contributed by atoms with Crippen LogP contribution >= 0.6 is 0 Å². The number of aromatic nitrogens is 1. The maximum Gasteiger partial charge on any atom is 0.320 e. The van der Waals surface area contributed by atoms with E-state index >= 15 is 0 Å². The van der Waals surface area contributed by atoms with Gasteiger partial charge in [0.2, 0.25) is 5.78 Å². The predicted molar refractivity (Wildman–Crippen MR) is 174 cm³/mol. The average Bonchev–Trinajstić information content (AvgIpc) is 3.38. The van der Waals surface area contributed by atoms with E-state index in [-0.39, 0.29) is 24.2 Å². The van der Waals surface area contributed by atoms with E-state index < -0.39 is 12.0 Å². The molecule has 43 heavy (non-hydrogen) atoms. The molecule has 0 fully saturated rings. The van der Waals surface area contributed by atoms with E-state index in [1.54, 1.807) is 33.0 Å². The van der Waals surface area contributed by atoms with Crippen molar-refractivity contribution in [2.24, 2.45) is 0 Å². The summed E-state index contributed by atoms with van der Waals surface area (Å²) in [5.41, 5.74) is 4.81. The molecule has 1 N–H and O–H groups in total. The Labute approximate surface area is 258 Å². The lowest BCUT2D eigenvalue weighted by molar-refractivity contribution is -0.146. The number of Topliss-reactive ketones (excluding diaryl/α,β-unsaturated/α-hetero) is 1. The van der Waals surface area contributed by atoms with Crippen LogP contribution in [0.25, 0.3) is 5.52 Å². The van der Waals surface area contributed by atoms with Crippen molar-refractivity contribution in [3.63, 3.8) is 0 Å². The monoisotopic (exact) mass is 589 g/mol. The van der Waals surface area contributed by atoms with Gasteiger partial charge >= 0.3 is 5.97 Å². The Bertz CT molecular complexity index is 1330. The van der Waals surface area contributed by atoms with E-state index in [2.05, 4.69) is 36.2 Å². The van der Waals surface area contributed by atoms with Crippen LogP contribution in [0.1, 0.15) is 111 Å². The molecule has 1 aromatic carbocycles. The van der Waals surface area contributed by atoms with Gasteiger partial charge in [-0.15, -0.1) is 0 Å². The smallest absolute Gasteiger partial charge is 0.320 e. The number of pyridine rings is 1. The van der Waals surface area contributed by atoms with E-state index in [4.69, 9.17) is 4.74 Å². The Balaban J connectivity index is 1.68. The molecular formula is C36H51N3O4. The van der Waals surface area contributed by atoms with E-state index in [1.165, 1.54) is 44.3 Å². The predicted octanol–water partition coefficient (Wildman–Crippen LogP) is 6.68. The van der Waals surface area contributed by atoms with Crippen molar-refractivity contribution in [3.05, 3.63) is 76.6 Å². The molecule has 0 saturated heterocycles. The number of carbonyl (C=O) groups excluding carboxylic acids is 3. The zero-order valence-corrected chi connectivity index (χ0v) is 27.1. The summed E-state index contributed by atoms with van der Waals surface area (Å²) in [6.45, 7) is 15.3. The maximum absolute atomic E-state index is 13.7. The third-order valence-electron chi connectivity index (χ3n) is 7.86. The Morgan fingerprint density at radius 3 is 2.12 bits per heavy atom. The Morgan fingerprint density at radius 2 is 1.51 bits per heavy atom. The van der Waals surface area contributed by atoms with Gasteiger partial charge in [0.05, 0.1) is 24.4 Å². The highest BCUT2D eigenvalue weighted by molar-refractivity contribution is 6.10. The van der Waals surface area contributed by atoms with Crippen molar-refractivity contribution in [3.8, 4) is 0 Å². The molecule has 0 radical (unpaired) electrons. The number of aryl methyl sites for hydroxylation is 2. The van der Waals surface area contributed by atoms with Crippen molar-refractivity contribution in [2.45, 2.75) is 98.6 Å². The van der Waals surface area contributed by atoms with E-state index in [1.807, 2.05) is 35.6 Å². The molecule has 7 nitrogen and oxygen atoms in total. The summed E-state index contributed by atoms with van der Waals surface area (Å²) in [5.74, 6) is -0.537. The average molecular weight is 590 g/mol. The van der Waals surface area contributed by atoms with Gasteiger partial charge in [0, 0.05) is 22.8 Å². The van der Waals surface area contributed by atoms with Gasteiger partial charge in [-0.2, -0.15) is 0 Å².